The Morgan fingerprint density at radius 3 is 2.62 bits per heavy atom. The van der Waals surface area contributed by atoms with E-state index in [-0.39, 0.29) is 0 Å². The molecule has 1 radical (unpaired) electrons. The topological polar surface area (TPSA) is 47.9 Å². The van der Waals surface area contributed by atoms with E-state index in [2.05, 4.69) is 21.9 Å². The molecule has 0 fully saturated rings. The van der Waals surface area contributed by atoms with Gasteiger partial charge in [-0.25, -0.2) is 9.97 Å². The van der Waals surface area contributed by atoms with Crippen LogP contribution in [0.3, 0.4) is 0 Å². The third kappa shape index (κ3) is 2.34. The molecule has 2 aromatic heterocycles. The maximum atomic E-state index is 5.17. The lowest BCUT2D eigenvalue weighted by Gasteiger charge is -2.03. The Morgan fingerprint density at radius 1 is 1.25 bits per heavy atom. The quantitative estimate of drug-likeness (QED) is 0.785. The number of ether oxygens (including phenoxy) is 1. The second kappa shape index (κ2) is 4.70. The van der Waals surface area contributed by atoms with Crippen LogP contribution in [0.1, 0.15) is 12.6 Å². The van der Waals surface area contributed by atoms with Crippen LogP contribution in [0.4, 0.5) is 0 Å². The summed E-state index contributed by atoms with van der Waals surface area (Å²) in [5, 5.41) is 0. The molecular weight excluding hydrogens is 202 g/mol. The minimum Gasteiger partial charge on any atom is -0.464 e. The van der Waals surface area contributed by atoms with E-state index in [1.807, 2.05) is 25.1 Å². The van der Waals surface area contributed by atoms with Crippen LogP contribution in [-0.4, -0.2) is 21.6 Å². The summed E-state index contributed by atoms with van der Waals surface area (Å²) >= 11 is 0. The molecule has 0 saturated carbocycles. The van der Waals surface area contributed by atoms with Crippen LogP contribution in [0.2, 0.25) is 0 Å². The van der Waals surface area contributed by atoms with E-state index < -0.39 is 0 Å². The van der Waals surface area contributed by atoms with Gasteiger partial charge in [0.2, 0.25) is 0 Å². The first-order valence-electron chi connectivity index (χ1n) is 5.04. The Morgan fingerprint density at radius 2 is 2.00 bits per heavy atom. The third-order valence-corrected chi connectivity index (χ3v) is 2.00. The van der Waals surface area contributed by atoms with Gasteiger partial charge < -0.3 is 4.74 Å². The fourth-order valence-electron chi connectivity index (χ4n) is 1.29. The highest BCUT2D eigenvalue weighted by molar-refractivity contribution is 5.56. The minimum absolute atomic E-state index is 0.386. The lowest BCUT2D eigenvalue weighted by molar-refractivity contribution is 0.312. The van der Waals surface area contributed by atoms with Gasteiger partial charge in [-0.05, 0) is 26.0 Å². The predicted molar refractivity (Wildman–Crippen MR) is 60.9 cm³/mol. The van der Waals surface area contributed by atoms with Crippen LogP contribution in [0.15, 0.2) is 30.6 Å². The molecular formula is C12H12N3O. The molecule has 4 nitrogen and oxygen atoms in total. The summed E-state index contributed by atoms with van der Waals surface area (Å²) in [6.07, 6.45) is 3.39. The molecule has 0 aliphatic carbocycles. The van der Waals surface area contributed by atoms with Crippen molar-refractivity contribution in [2.24, 2.45) is 0 Å². The molecule has 0 bridgehead atoms. The van der Waals surface area contributed by atoms with Crippen molar-refractivity contribution >= 4 is 0 Å². The Bertz CT molecular complexity index is 468. The first kappa shape index (κ1) is 10.5. The standard InChI is InChI=1S/C12H12N3O/c1-3-16-12-13-7-10(8-14-12)11-6-4-5-9(2)15-11/h4-8H,2-3H2,1H3. The lowest BCUT2D eigenvalue weighted by atomic mass is 10.2. The van der Waals surface area contributed by atoms with Crippen LogP contribution < -0.4 is 4.74 Å². The van der Waals surface area contributed by atoms with Crippen LogP contribution in [0, 0.1) is 6.92 Å². The number of rotatable bonds is 3. The second-order valence-electron chi connectivity index (χ2n) is 3.20. The molecule has 0 N–H and O–H groups in total. The summed E-state index contributed by atoms with van der Waals surface area (Å²) < 4.78 is 5.17. The lowest BCUT2D eigenvalue weighted by Crippen LogP contribution is -1.97. The van der Waals surface area contributed by atoms with Gasteiger partial charge in [0.05, 0.1) is 12.3 Å². The Balaban J connectivity index is 2.27. The SMILES string of the molecule is [CH2]c1cccc(-c2cnc(OCC)nc2)n1. The van der Waals surface area contributed by atoms with E-state index in [1.54, 1.807) is 12.4 Å². The molecule has 0 unspecified atom stereocenters. The molecule has 0 atom stereocenters. The van der Waals surface area contributed by atoms with Crippen LogP contribution in [-0.2, 0) is 0 Å². The van der Waals surface area contributed by atoms with Gasteiger partial charge in [-0.2, -0.15) is 0 Å². The molecule has 0 saturated heterocycles. The highest BCUT2D eigenvalue weighted by atomic mass is 16.5. The molecule has 0 spiro atoms. The average molecular weight is 214 g/mol. The van der Waals surface area contributed by atoms with Crippen molar-refractivity contribution in [2.45, 2.75) is 6.92 Å². The summed E-state index contributed by atoms with van der Waals surface area (Å²) in [6, 6.07) is 6.03. The van der Waals surface area contributed by atoms with E-state index in [9.17, 15) is 0 Å². The van der Waals surface area contributed by atoms with Crippen molar-refractivity contribution in [3.05, 3.63) is 43.2 Å². The normalized spacial score (nSPS) is 10.1. The van der Waals surface area contributed by atoms with Gasteiger partial charge in [0.25, 0.3) is 0 Å². The third-order valence-electron chi connectivity index (χ3n) is 2.00. The number of pyridine rings is 1. The maximum absolute atomic E-state index is 5.17. The zero-order valence-electron chi connectivity index (χ0n) is 9.05. The number of hydrogen-bond donors (Lipinski definition) is 0. The molecule has 0 aliphatic heterocycles. The van der Waals surface area contributed by atoms with Crippen molar-refractivity contribution in [3.63, 3.8) is 0 Å². The fraction of sp³-hybridized carbons (Fsp3) is 0.167. The van der Waals surface area contributed by atoms with Gasteiger partial charge >= 0.3 is 6.01 Å². The number of aromatic nitrogens is 3. The largest absolute Gasteiger partial charge is 0.464 e. The first-order valence-corrected chi connectivity index (χ1v) is 5.04. The van der Waals surface area contributed by atoms with E-state index in [0.717, 1.165) is 17.0 Å². The van der Waals surface area contributed by atoms with Gasteiger partial charge in [-0.3, -0.25) is 4.98 Å². The fourth-order valence-corrected chi connectivity index (χ4v) is 1.29. The summed E-state index contributed by atoms with van der Waals surface area (Å²) in [5.74, 6) is 0. The Labute approximate surface area is 94.4 Å². The van der Waals surface area contributed by atoms with Gasteiger partial charge in [0.1, 0.15) is 0 Å². The van der Waals surface area contributed by atoms with E-state index in [4.69, 9.17) is 4.74 Å². The zero-order valence-corrected chi connectivity index (χ0v) is 9.05. The highest BCUT2D eigenvalue weighted by Crippen LogP contribution is 2.16. The molecule has 4 heteroatoms. The number of hydrogen-bond acceptors (Lipinski definition) is 4. The number of nitrogens with zero attached hydrogens (tertiary/aromatic N) is 3. The molecule has 0 aromatic carbocycles. The zero-order chi connectivity index (χ0) is 11.4. The highest BCUT2D eigenvalue weighted by Gasteiger charge is 2.01. The maximum Gasteiger partial charge on any atom is 0.316 e. The molecule has 2 aromatic rings. The molecule has 81 valence electrons. The van der Waals surface area contributed by atoms with Gasteiger partial charge in [-0.15, -0.1) is 0 Å². The molecule has 0 aliphatic rings. The molecule has 16 heavy (non-hydrogen) atoms. The predicted octanol–water partition coefficient (Wildman–Crippen LogP) is 2.12. The monoisotopic (exact) mass is 214 g/mol. The van der Waals surface area contributed by atoms with E-state index >= 15 is 0 Å². The summed E-state index contributed by atoms with van der Waals surface area (Å²) in [4.78, 5) is 12.4. The van der Waals surface area contributed by atoms with Crippen LogP contribution >= 0.6 is 0 Å². The van der Waals surface area contributed by atoms with Crippen molar-refractivity contribution in [3.8, 4) is 17.3 Å². The summed E-state index contributed by atoms with van der Waals surface area (Å²) in [5.41, 5.74) is 2.40. The Kier molecular flexibility index (Phi) is 3.10. The van der Waals surface area contributed by atoms with Crippen molar-refractivity contribution < 1.29 is 4.74 Å². The first-order chi connectivity index (χ1) is 7.79. The molecule has 0 amide bonds. The summed E-state index contributed by atoms with van der Waals surface area (Å²) in [7, 11) is 0. The van der Waals surface area contributed by atoms with Gasteiger partial charge in [0.15, 0.2) is 0 Å². The van der Waals surface area contributed by atoms with Crippen LogP contribution in [0.25, 0.3) is 11.3 Å². The minimum atomic E-state index is 0.386. The smallest absolute Gasteiger partial charge is 0.316 e. The average Bonchev–Trinajstić information content (AvgIpc) is 2.30. The van der Waals surface area contributed by atoms with Crippen molar-refractivity contribution in [2.75, 3.05) is 6.61 Å². The van der Waals surface area contributed by atoms with Crippen molar-refractivity contribution in [1.82, 2.24) is 15.0 Å². The molecule has 2 rings (SSSR count). The van der Waals surface area contributed by atoms with E-state index in [1.165, 1.54) is 0 Å². The second-order valence-corrected chi connectivity index (χ2v) is 3.20. The van der Waals surface area contributed by atoms with E-state index in [0.29, 0.717) is 12.6 Å². The van der Waals surface area contributed by atoms with Gasteiger partial charge in [0, 0.05) is 23.7 Å². The van der Waals surface area contributed by atoms with Crippen molar-refractivity contribution in [1.29, 1.82) is 0 Å². The van der Waals surface area contributed by atoms with Crippen LogP contribution in [0.5, 0.6) is 6.01 Å². The summed E-state index contributed by atoms with van der Waals surface area (Å²) in [6.45, 7) is 6.23. The Hall–Kier alpha value is -1.97. The van der Waals surface area contributed by atoms with Gasteiger partial charge in [-0.1, -0.05) is 6.07 Å². The molecule has 2 heterocycles.